The molecule has 1 amide bonds. The minimum atomic E-state index is -0.0964. The van der Waals surface area contributed by atoms with Crippen molar-refractivity contribution in [2.24, 2.45) is 0 Å². The van der Waals surface area contributed by atoms with E-state index in [-0.39, 0.29) is 11.9 Å². The summed E-state index contributed by atoms with van der Waals surface area (Å²) in [6.07, 6.45) is 7.00. The van der Waals surface area contributed by atoms with Crippen molar-refractivity contribution >= 4 is 17.7 Å². The van der Waals surface area contributed by atoms with Gasteiger partial charge in [0.05, 0.1) is 0 Å². The van der Waals surface area contributed by atoms with Crippen molar-refractivity contribution in [2.75, 3.05) is 23.7 Å². The SMILES string of the molecule is Nc1ccnc(-c2ccc(C(=O)N[C@H]3CCCN(c4ncccn4)C3)cc2)n1. The van der Waals surface area contributed by atoms with E-state index in [2.05, 4.69) is 30.2 Å². The van der Waals surface area contributed by atoms with Crippen molar-refractivity contribution in [3.63, 3.8) is 0 Å². The summed E-state index contributed by atoms with van der Waals surface area (Å²) in [5.74, 6) is 1.56. The van der Waals surface area contributed by atoms with Gasteiger partial charge in [-0.25, -0.2) is 19.9 Å². The Labute approximate surface area is 162 Å². The molecule has 0 spiro atoms. The first-order chi connectivity index (χ1) is 13.7. The smallest absolute Gasteiger partial charge is 0.251 e. The van der Waals surface area contributed by atoms with Crippen LogP contribution in [0.5, 0.6) is 0 Å². The lowest BCUT2D eigenvalue weighted by atomic mass is 10.0. The van der Waals surface area contributed by atoms with E-state index in [4.69, 9.17) is 5.73 Å². The van der Waals surface area contributed by atoms with Crippen molar-refractivity contribution in [3.05, 3.63) is 60.6 Å². The zero-order valence-electron chi connectivity index (χ0n) is 15.3. The second kappa shape index (κ2) is 7.99. The van der Waals surface area contributed by atoms with Crippen LogP contribution in [-0.4, -0.2) is 45.0 Å². The maximum atomic E-state index is 12.6. The van der Waals surface area contributed by atoms with Gasteiger partial charge in [0.1, 0.15) is 5.82 Å². The van der Waals surface area contributed by atoms with Crippen LogP contribution in [0, 0.1) is 0 Å². The Hall–Kier alpha value is -3.55. The summed E-state index contributed by atoms with van der Waals surface area (Å²) >= 11 is 0. The van der Waals surface area contributed by atoms with Crippen LogP contribution in [-0.2, 0) is 0 Å². The lowest BCUT2D eigenvalue weighted by Crippen LogP contribution is -2.48. The summed E-state index contributed by atoms with van der Waals surface area (Å²) in [6.45, 7) is 1.59. The molecule has 3 aromatic rings. The molecule has 0 aliphatic carbocycles. The molecule has 2 aromatic heterocycles. The Morgan fingerprint density at radius 1 is 1.07 bits per heavy atom. The Balaban J connectivity index is 1.40. The first-order valence-electron chi connectivity index (χ1n) is 9.21. The maximum Gasteiger partial charge on any atom is 0.251 e. The number of nitrogens with two attached hydrogens (primary N) is 1. The molecule has 3 heterocycles. The molecule has 1 aromatic carbocycles. The van der Waals surface area contributed by atoms with E-state index in [9.17, 15) is 4.79 Å². The van der Waals surface area contributed by atoms with Crippen molar-refractivity contribution in [1.29, 1.82) is 0 Å². The third kappa shape index (κ3) is 4.06. The molecular weight excluding hydrogens is 354 g/mol. The number of carbonyl (C=O) groups is 1. The van der Waals surface area contributed by atoms with Crippen molar-refractivity contribution in [3.8, 4) is 11.4 Å². The summed E-state index contributed by atoms with van der Waals surface area (Å²) in [5.41, 5.74) is 7.12. The molecule has 0 saturated carbocycles. The summed E-state index contributed by atoms with van der Waals surface area (Å²) in [7, 11) is 0. The number of nitrogen functional groups attached to an aromatic ring is 1. The van der Waals surface area contributed by atoms with Crippen LogP contribution in [0.3, 0.4) is 0 Å². The first kappa shape index (κ1) is 17.8. The maximum absolute atomic E-state index is 12.6. The fourth-order valence-electron chi connectivity index (χ4n) is 3.28. The van der Waals surface area contributed by atoms with Gasteiger partial charge in [-0.2, -0.15) is 0 Å². The van der Waals surface area contributed by atoms with Gasteiger partial charge < -0.3 is 16.0 Å². The number of anilines is 2. The number of carbonyl (C=O) groups excluding carboxylic acids is 1. The van der Waals surface area contributed by atoms with Crippen molar-refractivity contribution in [2.45, 2.75) is 18.9 Å². The Bertz CT molecular complexity index is 946. The number of amides is 1. The molecule has 1 aliphatic heterocycles. The molecule has 1 aliphatic rings. The molecule has 1 atom stereocenters. The van der Waals surface area contributed by atoms with Crippen molar-refractivity contribution in [1.82, 2.24) is 25.3 Å². The molecule has 0 unspecified atom stereocenters. The van der Waals surface area contributed by atoms with E-state index >= 15 is 0 Å². The topological polar surface area (TPSA) is 110 Å². The number of benzene rings is 1. The number of nitrogens with one attached hydrogen (secondary N) is 1. The highest BCUT2D eigenvalue weighted by atomic mass is 16.1. The average molecular weight is 375 g/mol. The fourth-order valence-corrected chi connectivity index (χ4v) is 3.28. The van der Waals surface area contributed by atoms with Gasteiger partial charge in [-0.15, -0.1) is 0 Å². The van der Waals surface area contributed by atoms with E-state index in [1.807, 2.05) is 12.1 Å². The van der Waals surface area contributed by atoms with Gasteiger partial charge in [0, 0.05) is 48.8 Å². The van der Waals surface area contributed by atoms with E-state index < -0.39 is 0 Å². The van der Waals surface area contributed by atoms with Gasteiger partial charge >= 0.3 is 0 Å². The average Bonchev–Trinajstić information content (AvgIpc) is 2.75. The summed E-state index contributed by atoms with van der Waals surface area (Å²) in [6, 6.07) is 10.7. The van der Waals surface area contributed by atoms with Gasteiger partial charge in [0.15, 0.2) is 5.82 Å². The molecule has 8 heteroatoms. The molecule has 3 N–H and O–H groups in total. The Morgan fingerprint density at radius 2 is 1.86 bits per heavy atom. The lowest BCUT2D eigenvalue weighted by molar-refractivity contribution is 0.0933. The standard InChI is InChI=1S/C20H21N7O/c21-17-8-11-22-18(26-17)14-4-6-15(7-5-14)19(28)25-16-3-1-12-27(13-16)20-23-9-2-10-24-20/h2,4-11,16H,1,3,12-13H2,(H,25,28)(H2,21,22,26)/t16-/m0/s1. The van der Waals surface area contributed by atoms with E-state index in [0.29, 0.717) is 29.7 Å². The lowest BCUT2D eigenvalue weighted by Gasteiger charge is -2.33. The molecule has 1 saturated heterocycles. The van der Waals surface area contributed by atoms with E-state index in [1.165, 1.54) is 0 Å². The van der Waals surface area contributed by atoms with E-state index in [1.54, 1.807) is 42.9 Å². The van der Waals surface area contributed by atoms with Crippen molar-refractivity contribution < 1.29 is 4.79 Å². The third-order valence-corrected chi connectivity index (χ3v) is 4.67. The summed E-state index contributed by atoms with van der Waals surface area (Å²) in [4.78, 5) is 31.8. The van der Waals surface area contributed by atoms with Gasteiger partial charge in [0.2, 0.25) is 5.95 Å². The monoisotopic (exact) mass is 375 g/mol. The zero-order valence-corrected chi connectivity index (χ0v) is 15.3. The van der Waals surface area contributed by atoms with Crippen LogP contribution in [0.2, 0.25) is 0 Å². The van der Waals surface area contributed by atoms with Gasteiger partial charge in [-0.3, -0.25) is 4.79 Å². The molecule has 1 fully saturated rings. The van der Waals surface area contributed by atoms with Crippen LogP contribution in [0.25, 0.3) is 11.4 Å². The molecule has 8 nitrogen and oxygen atoms in total. The predicted molar refractivity (Wildman–Crippen MR) is 107 cm³/mol. The normalized spacial score (nSPS) is 16.6. The second-order valence-electron chi connectivity index (χ2n) is 6.69. The minimum absolute atomic E-state index is 0.0574. The number of piperidine rings is 1. The summed E-state index contributed by atoms with van der Waals surface area (Å²) < 4.78 is 0. The number of rotatable bonds is 4. The highest BCUT2D eigenvalue weighted by molar-refractivity contribution is 5.94. The van der Waals surface area contributed by atoms with Crippen LogP contribution in [0.15, 0.2) is 55.0 Å². The number of hydrogen-bond donors (Lipinski definition) is 2. The highest BCUT2D eigenvalue weighted by Gasteiger charge is 2.23. The molecular formula is C20H21N7O. The third-order valence-electron chi connectivity index (χ3n) is 4.67. The van der Waals surface area contributed by atoms with Gasteiger partial charge in [-0.1, -0.05) is 12.1 Å². The molecule has 142 valence electrons. The van der Waals surface area contributed by atoms with Crippen LogP contribution < -0.4 is 16.0 Å². The zero-order chi connectivity index (χ0) is 19.3. The van der Waals surface area contributed by atoms with Crippen LogP contribution >= 0.6 is 0 Å². The second-order valence-corrected chi connectivity index (χ2v) is 6.69. The van der Waals surface area contributed by atoms with E-state index in [0.717, 1.165) is 24.9 Å². The summed E-state index contributed by atoms with van der Waals surface area (Å²) in [5, 5.41) is 3.12. The first-order valence-corrected chi connectivity index (χ1v) is 9.21. The quantitative estimate of drug-likeness (QED) is 0.717. The predicted octanol–water partition coefficient (Wildman–Crippen LogP) is 1.91. The molecule has 0 radical (unpaired) electrons. The Morgan fingerprint density at radius 3 is 2.61 bits per heavy atom. The number of aromatic nitrogens is 4. The minimum Gasteiger partial charge on any atom is -0.384 e. The van der Waals surface area contributed by atoms with Gasteiger partial charge in [0.25, 0.3) is 5.91 Å². The number of nitrogens with zero attached hydrogens (tertiary/aromatic N) is 5. The largest absolute Gasteiger partial charge is 0.384 e. The molecule has 0 bridgehead atoms. The fraction of sp³-hybridized carbons (Fsp3) is 0.250. The highest BCUT2D eigenvalue weighted by Crippen LogP contribution is 2.18. The molecule has 28 heavy (non-hydrogen) atoms. The Kier molecular flexibility index (Phi) is 5.09. The van der Waals surface area contributed by atoms with Crippen LogP contribution in [0.4, 0.5) is 11.8 Å². The molecule has 4 rings (SSSR count). The van der Waals surface area contributed by atoms with Gasteiger partial charge in [-0.05, 0) is 37.1 Å². The van der Waals surface area contributed by atoms with Crippen LogP contribution in [0.1, 0.15) is 23.2 Å². The number of hydrogen-bond acceptors (Lipinski definition) is 7.